The van der Waals surface area contributed by atoms with Crippen LogP contribution in [0.5, 0.6) is 0 Å². The summed E-state index contributed by atoms with van der Waals surface area (Å²) in [6, 6.07) is 14.4. The van der Waals surface area contributed by atoms with Crippen molar-refractivity contribution >= 4 is 52.9 Å². The van der Waals surface area contributed by atoms with E-state index in [-0.39, 0.29) is 87.9 Å². The summed E-state index contributed by atoms with van der Waals surface area (Å²) in [6.45, 7) is 58.8. The molecule has 21 heteroatoms. The van der Waals surface area contributed by atoms with Crippen LogP contribution in [-0.4, -0.2) is 145 Å². The van der Waals surface area contributed by atoms with Gasteiger partial charge in [-0.1, -0.05) is 228 Å². The number of rotatable bonds is 34. The Morgan fingerprint density at radius 1 is 0.408 bits per heavy atom. The molecule has 8 rings (SSSR count). The standard InChI is InChI=1S/C12H22O.C11H20O2.C11H20O.2C10H13NO.2C10H20O4.C10H12O2.C9H16O2.C9H16O.7CH4/c1-9(2)12-6-4-11(5-7-12)8-10(3)13;1-8(2)7-9-3-5-10(6-4-9)11(12)13;1-8(2)10-4-6-11(7-5-10)9(3)12;1-7(2)10-5-4-9(6-11-10)8(3)12;1-7(2)9-4-5-10(8(3)12)11-6-9;1-8(2)6-9(7-10(11)12)14-5-4-13-3;1-8(2)4-5-9(10(11)12)14-7-6-13-3;1-7(2)8-3-5-9(6-4-8)10(11)12;1-6(2)7-3-4-8(5-7)9(10)11;1-6(2)8-4-9(5-8)7(3)10;;;;;;;/h9,11-12H,4-8H2,1-3H3;8-10H,3-7H2,1-2H3,(H,12,13);8,10-12H,3-7H2,1-2H3;2*4-7,12H,3H2,1-2H3;2*8-9H,4-7H2,1-3H3,(H,11,12);3-7H,1-2H3,(H,11,12);6-8H,3-5H2,1-2H3,(H,10,11);6,8-9H,4-5H2,1-3H3;7*1H4. The molecule has 130 heavy (non-hydrogen) atoms. The number of nitrogens with zero attached hydrogens (tertiary/aromatic N) is 2. The molecule has 5 saturated carbocycles. The number of benzene rings is 1. The maximum atomic E-state index is 10.9. The fourth-order valence-corrected chi connectivity index (χ4v) is 15.4. The summed E-state index contributed by atoms with van der Waals surface area (Å²) in [7, 11) is 3.16. The van der Waals surface area contributed by atoms with Crippen LogP contribution in [0.3, 0.4) is 0 Å². The Kier molecular flexibility index (Phi) is 85.5. The fraction of sp³-hybridized carbons (Fsp3) is 0.734. The Hall–Kier alpha value is -7.33. The molecule has 0 spiro atoms. The SMILES string of the molecule is C.C.C.C.C.C.C.C=C(O)C1CCC(C(C)C)CC1.C=C(O)c1ccc(C(C)C)cn1.C=C(O)c1ccc(C(C)C)nc1.CC(=O)C1CC(C(C)C)C1.CC(=O)CC1CCC(C(C)C)CC1.CC(C)C1CCC(C(=O)O)C1.CC(C)CC1CCC(C(=O)O)CC1.CC(C)c1ccc(C(=O)O)cc1.COCCOC(CC(=O)O)CC(C)C.COCCOC(CCC(C)C)C(=O)O. The zero-order valence-corrected chi connectivity index (χ0v) is 80.7. The third-order valence-corrected chi connectivity index (χ3v) is 24.0. The number of carboxylic acids is 5. The monoisotopic (exact) mass is 1840 g/mol. The number of aliphatic hydroxyl groups is 3. The number of pyridine rings is 2. The van der Waals surface area contributed by atoms with Crippen LogP contribution in [0.1, 0.15) is 408 Å². The number of aliphatic hydroxyl groups excluding tert-OH is 3. The molecule has 0 amide bonds. The van der Waals surface area contributed by atoms with Crippen molar-refractivity contribution < 1.29 is 93.4 Å². The van der Waals surface area contributed by atoms with Gasteiger partial charge >= 0.3 is 29.8 Å². The zero-order valence-electron chi connectivity index (χ0n) is 80.7. The lowest BCUT2D eigenvalue weighted by atomic mass is 9.68. The number of carbonyl (C=O) groups is 7. The Morgan fingerprint density at radius 3 is 1.15 bits per heavy atom. The highest BCUT2D eigenvalue weighted by Gasteiger charge is 2.35. The Balaban J connectivity index is -0.000000178. The zero-order chi connectivity index (χ0) is 94.3. The minimum atomic E-state index is -0.887. The molecule has 8 N–H and O–H groups in total. The molecular weight excluding hydrogens is 1640 g/mol. The van der Waals surface area contributed by atoms with Crippen molar-refractivity contribution in [3.63, 3.8) is 0 Å². The molecule has 0 saturated heterocycles. The van der Waals surface area contributed by atoms with Crippen LogP contribution < -0.4 is 0 Å². The molecule has 1 aromatic carbocycles. The van der Waals surface area contributed by atoms with Crippen molar-refractivity contribution in [2.75, 3.05) is 40.6 Å². The molecule has 0 bridgehead atoms. The van der Waals surface area contributed by atoms with E-state index in [1.54, 1.807) is 58.7 Å². The van der Waals surface area contributed by atoms with E-state index in [1.165, 1.54) is 56.1 Å². The average Bonchev–Trinajstić information content (AvgIpc) is 0.899. The molecule has 760 valence electrons. The average molecular weight is 1840 g/mol. The Labute approximate surface area is 795 Å². The van der Waals surface area contributed by atoms with Crippen LogP contribution in [0.2, 0.25) is 0 Å². The van der Waals surface area contributed by atoms with E-state index >= 15 is 0 Å². The predicted molar refractivity (Wildman–Crippen MR) is 546 cm³/mol. The summed E-state index contributed by atoms with van der Waals surface area (Å²) in [5.41, 5.74) is 4.93. The number of carboxylic acid groups (broad SMARTS) is 5. The van der Waals surface area contributed by atoms with Gasteiger partial charge in [-0.3, -0.25) is 29.1 Å². The largest absolute Gasteiger partial charge is 0.513 e. The van der Waals surface area contributed by atoms with Crippen molar-refractivity contribution in [2.45, 2.75) is 382 Å². The van der Waals surface area contributed by atoms with Crippen LogP contribution in [0, 0.1) is 101 Å². The van der Waals surface area contributed by atoms with Gasteiger partial charge in [0.2, 0.25) is 0 Å². The number of hydrogen-bond acceptors (Lipinski definition) is 16. The molecule has 5 fully saturated rings. The second kappa shape index (κ2) is 79.1. The van der Waals surface area contributed by atoms with Gasteiger partial charge < -0.3 is 64.6 Å². The van der Waals surface area contributed by atoms with E-state index in [2.05, 4.69) is 168 Å². The van der Waals surface area contributed by atoms with Crippen molar-refractivity contribution in [2.24, 2.45) is 101 Å². The molecule has 0 radical (unpaired) electrons. The molecule has 5 aliphatic rings. The number of methoxy groups -OCH3 is 2. The van der Waals surface area contributed by atoms with Gasteiger partial charge in [-0.25, -0.2) is 9.59 Å². The van der Waals surface area contributed by atoms with Gasteiger partial charge in [-0.2, -0.15) is 0 Å². The second-order valence-corrected chi connectivity index (χ2v) is 38.2. The summed E-state index contributed by atoms with van der Waals surface area (Å²) < 4.78 is 20.2. The number of carbonyl (C=O) groups excluding carboxylic acids is 2. The van der Waals surface area contributed by atoms with Gasteiger partial charge in [-0.05, 0) is 285 Å². The second-order valence-electron chi connectivity index (χ2n) is 38.2. The van der Waals surface area contributed by atoms with Crippen LogP contribution >= 0.6 is 0 Å². The third kappa shape index (κ3) is 66.9. The molecular formula is C109H200N2O19. The van der Waals surface area contributed by atoms with Crippen molar-refractivity contribution in [1.82, 2.24) is 9.97 Å². The first-order valence-corrected chi connectivity index (χ1v) is 46.0. The van der Waals surface area contributed by atoms with Gasteiger partial charge in [0.1, 0.15) is 28.8 Å². The number of ether oxygens (including phenoxy) is 4. The van der Waals surface area contributed by atoms with Crippen molar-refractivity contribution in [3.05, 3.63) is 120 Å². The maximum Gasteiger partial charge on any atom is 0.335 e. The first-order valence-electron chi connectivity index (χ1n) is 46.0. The molecule has 3 aromatic rings. The van der Waals surface area contributed by atoms with Crippen LogP contribution in [0.15, 0.2) is 86.4 Å². The lowest BCUT2D eigenvalue weighted by molar-refractivity contribution is -0.152. The van der Waals surface area contributed by atoms with Gasteiger partial charge in [0, 0.05) is 56.1 Å². The Morgan fingerprint density at radius 2 is 0.831 bits per heavy atom. The van der Waals surface area contributed by atoms with Crippen LogP contribution in [-0.2, 0) is 47.7 Å². The summed E-state index contributed by atoms with van der Waals surface area (Å²) in [5.74, 6) is 9.04. The van der Waals surface area contributed by atoms with Gasteiger partial charge in [-0.15, -0.1) is 0 Å². The highest BCUT2D eigenvalue weighted by atomic mass is 16.5. The molecule has 2 aromatic heterocycles. The smallest absolute Gasteiger partial charge is 0.335 e. The normalized spacial score (nSPS) is 19.4. The number of aliphatic carboxylic acids is 4. The van der Waals surface area contributed by atoms with E-state index in [0.29, 0.717) is 126 Å². The molecule has 5 aliphatic carbocycles. The summed E-state index contributed by atoms with van der Waals surface area (Å²) >= 11 is 0. The highest BCUT2D eigenvalue weighted by Crippen LogP contribution is 2.40. The number of hydrogen-bond donors (Lipinski definition) is 8. The fourth-order valence-electron chi connectivity index (χ4n) is 15.4. The van der Waals surface area contributed by atoms with Crippen LogP contribution in [0.4, 0.5) is 0 Å². The number of aromatic nitrogens is 2. The maximum absolute atomic E-state index is 10.9. The highest BCUT2D eigenvalue weighted by molar-refractivity contribution is 5.87. The summed E-state index contributed by atoms with van der Waals surface area (Å²) in [4.78, 5) is 82.9. The lowest BCUT2D eigenvalue weighted by Gasteiger charge is -2.36. The van der Waals surface area contributed by atoms with Gasteiger partial charge in [0.25, 0.3) is 0 Å². The predicted octanol–water partition coefficient (Wildman–Crippen LogP) is 29.8. The minimum absolute atomic E-state index is 0. The number of Topliss-reactive ketones (excluding diaryl/α,β-unsaturated/α-hetero) is 2. The van der Waals surface area contributed by atoms with Crippen molar-refractivity contribution in [1.29, 1.82) is 0 Å². The van der Waals surface area contributed by atoms with E-state index in [0.717, 1.165) is 143 Å². The molecule has 2 heterocycles. The van der Waals surface area contributed by atoms with Gasteiger partial charge in [0.05, 0.1) is 62.1 Å². The van der Waals surface area contributed by atoms with Gasteiger partial charge in [0.15, 0.2) is 6.10 Å². The quantitative estimate of drug-likeness (QED) is 0.0203. The molecule has 0 aliphatic heterocycles. The molecule has 4 unspecified atom stereocenters. The Bertz CT molecular complexity index is 3220. The number of ketones is 2. The number of aromatic carboxylic acids is 1. The first-order chi connectivity index (χ1) is 57.5. The summed E-state index contributed by atoms with van der Waals surface area (Å²) in [5, 5.41) is 70.8. The summed E-state index contributed by atoms with van der Waals surface area (Å²) in [6.07, 6.45) is 26.2. The van der Waals surface area contributed by atoms with E-state index < -0.39 is 36.0 Å². The minimum Gasteiger partial charge on any atom is -0.513 e. The van der Waals surface area contributed by atoms with Crippen LogP contribution in [0.25, 0.3) is 11.5 Å². The number of allylic oxidation sites excluding steroid dienone is 1. The topological polar surface area (TPSA) is 344 Å². The van der Waals surface area contributed by atoms with Crippen molar-refractivity contribution in [3.8, 4) is 0 Å². The lowest BCUT2D eigenvalue weighted by Crippen LogP contribution is -2.31. The molecule has 21 nitrogen and oxygen atoms in total. The van der Waals surface area contributed by atoms with E-state index in [1.807, 2.05) is 30.3 Å². The van der Waals surface area contributed by atoms with E-state index in [4.69, 9.17) is 54.7 Å². The van der Waals surface area contributed by atoms with E-state index in [9.17, 15) is 38.7 Å². The first kappa shape index (κ1) is 141. The third-order valence-electron chi connectivity index (χ3n) is 24.0. The molecule has 4 atom stereocenters.